The van der Waals surface area contributed by atoms with E-state index in [-0.39, 0.29) is 23.4 Å². The molecule has 0 fully saturated rings. The molecule has 0 saturated heterocycles. The van der Waals surface area contributed by atoms with Gasteiger partial charge in [0.25, 0.3) is 15.9 Å². The summed E-state index contributed by atoms with van der Waals surface area (Å²) >= 11 is 0. The number of carbonyl (C=O) groups is 1. The van der Waals surface area contributed by atoms with Crippen LogP contribution in [0.25, 0.3) is 0 Å². The molecule has 1 aliphatic rings. The van der Waals surface area contributed by atoms with Crippen molar-refractivity contribution in [3.8, 4) is 5.75 Å². The molecule has 0 bridgehead atoms. The first-order valence-electron chi connectivity index (χ1n) is 11.7. The summed E-state index contributed by atoms with van der Waals surface area (Å²) in [7, 11) is -3.90. The fraction of sp³-hybridized carbons (Fsp3) is 0.321. The van der Waals surface area contributed by atoms with Gasteiger partial charge in [-0.15, -0.1) is 0 Å². The number of anilines is 1. The number of sulfonamides is 1. The Morgan fingerprint density at radius 1 is 0.914 bits per heavy atom. The van der Waals surface area contributed by atoms with Gasteiger partial charge in [-0.3, -0.25) is 9.10 Å². The number of amides is 1. The lowest BCUT2D eigenvalue weighted by atomic mass is 9.96. The molecule has 1 amide bonds. The van der Waals surface area contributed by atoms with Crippen molar-refractivity contribution in [2.75, 3.05) is 10.8 Å². The van der Waals surface area contributed by atoms with Gasteiger partial charge in [0.15, 0.2) is 6.10 Å². The smallest absolute Gasteiger partial charge is 0.264 e. The van der Waals surface area contributed by atoms with Gasteiger partial charge in [-0.1, -0.05) is 35.9 Å². The molecule has 7 heteroatoms. The Bertz CT molecular complexity index is 1380. The number of hydrogen-bond donors (Lipinski definition) is 1. The number of carbonyl (C=O) groups excluding carboxylic acids is 1. The van der Waals surface area contributed by atoms with Crippen molar-refractivity contribution in [1.82, 2.24) is 5.32 Å². The van der Waals surface area contributed by atoms with Gasteiger partial charge in [-0.2, -0.15) is 0 Å². The molecule has 35 heavy (non-hydrogen) atoms. The highest BCUT2D eigenvalue weighted by Crippen LogP contribution is 2.38. The highest BCUT2D eigenvalue weighted by atomic mass is 32.2. The molecule has 0 spiro atoms. The lowest BCUT2D eigenvalue weighted by molar-refractivity contribution is -0.128. The van der Waals surface area contributed by atoms with Gasteiger partial charge in [-0.05, 0) is 93.6 Å². The topological polar surface area (TPSA) is 75.7 Å². The van der Waals surface area contributed by atoms with Crippen molar-refractivity contribution < 1.29 is 17.9 Å². The second-order valence-electron chi connectivity index (χ2n) is 9.45. The second-order valence-corrected chi connectivity index (χ2v) is 11.3. The number of aryl methyl sites for hydroxylation is 5. The van der Waals surface area contributed by atoms with Crippen molar-refractivity contribution in [2.45, 2.75) is 58.6 Å². The normalized spacial score (nSPS) is 16.3. The zero-order valence-corrected chi connectivity index (χ0v) is 21.9. The number of ether oxygens (including phenoxy) is 1. The van der Waals surface area contributed by atoms with Crippen molar-refractivity contribution in [1.29, 1.82) is 0 Å². The average Bonchev–Trinajstić information content (AvgIpc) is 2.80. The standard InChI is InChI=1S/C28H32N2O4S/c1-17-7-10-23(11-8-17)35(32,33)30-16-27(34-26-12-9-18(2)13-25(26)30)28(31)29-22(6)24-15-20(4)19(3)14-21(24)5/h7-15,22,27H,16H2,1-6H3,(H,29,31)/t22-,27+/m1/s1. The number of rotatable bonds is 5. The highest BCUT2D eigenvalue weighted by molar-refractivity contribution is 7.92. The van der Waals surface area contributed by atoms with Crippen molar-refractivity contribution >= 4 is 21.6 Å². The first kappa shape index (κ1) is 24.8. The number of nitrogens with one attached hydrogen (secondary N) is 1. The minimum atomic E-state index is -3.90. The van der Waals surface area contributed by atoms with Gasteiger partial charge >= 0.3 is 0 Å². The van der Waals surface area contributed by atoms with Crippen molar-refractivity contribution in [3.05, 3.63) is 88.0 Å². The molecule has 6 nitrogen and oxygen atoms in total. The molecule has 0 aromatic heterocycles. The minimum Gasteiger partial charge on any atom is -0.476 e. The molecule has 1 N–H and O–H groups in total. The Labute approximate surface area is 208 Å². The van der Waals surface area contributed by atoms with Gasteiger partial charge in [0.2, 0.25) is 0 Å². The van der Waals surface area contributed by atoms with Gasteiger partial charge in [0.1, 0.15) is 5.75 Å². The van der Waals surface area contributed by atoms with E-state index in [1.807, 2.05) is 40.7 Å². The summed E-state index contributed by atoms with van der Waals surface area (Å²) in [6.07, 6.45) is -0.986. The van der Waals surface area contributed by atoms with E-state index in [1.54, 1.807) is 36.4 Å². The molecule has 2 atom stereocenters. The Morgan fingerprint density at radius 2 is 1.54 bits per heavy atom. The molecular formula is C28H32N2O4S. The summed E-state index contributed by atoms with van der Waals surface area (Å²) < 4.78 is 34.6. The number of hydrogen-bond acceptors (Lipinski definition) is 4. The Balaban J connectivity index is 1.65. The third kappa shape index (κ3) is 4.91. The van der Waals surface area contributed by atoms with E-state index in [4.69, 9.17) is 4.74 Å². The monoisotopic (exact) mass is 492 g/mol. The number of fused-ring (bicyclic) bond motifs is 1. The van der Waals surface area contributed by atoms with Gasteiger partial charge in [-0.25, -0.2) is 8.42 Å². The van der Waals surface area contributed by atoms with Crippen LogP contribution in [0.15, 0.2) is 59.5 Å². The summed E-state index contributed by atoms with van der Waals surface area (Å²) in [4.78, 5) is 13.5. The quantitative estimate of drug-likeness (QED) is 0.540. The molecule has 0 unspecified atom stereocenters. The van der Waals surface area contributed by atoms with E-state index in [1.165, 1.54) is 9.87 Å². The first-order valence-corrected chi connectivity index (χ1v) is 13.2. The molecule has 3 aromatic rings. The van der Waals surface area contributed by atoms with Crippen LogP contribution in [0.3, 0.4) is 0 Å². The van der Waals surface area contributed by atoms with Crippen LogP contribution in [0.1, 0.15) is 46.3 Å². The molecular weight excluding hydrogens is 460 g/mol. The van der Waals surface area contributed by atoms with E-state index in [9.17, 15) is 13.2 Å². The van der Waals surface area contributed by atoms with Crippen LogP contribution in [-0.4, -0.2) is 27.0 Å². The zero-order chi connectivity index (χ0) is 25.5. The highest BCUT2D eigenvalue weighted by Gasteiger charge is 2.38. The van der Waals surface area contributed by atoms with Crippen molar-refractivity contribution in [3.63, 3.8) is 0 Å². The lowest BCUT2D eigenvalue weighted by Crippen LogP contribution is -2.51. The van der Waals surface area contributed by atoms with Crippen LogP contribution in [0.5, 0.6) is 5.75 Å². The summed E-state index contributed by atoms with van der Waals surface area (Å²) in [6, 6.07) is 16.0. The number of benzene rings is 3. The van der Waals surface area contributed by atoms with Gasteiger partial charge in [0.05, 0.1) is 23.2 Å². The molecule has 0 saturated carbocycles. The summed E-state index contributed by atoms with van der Waals surface area (Å²) in [5.74, 6) is 0.0122. The molecule has 1 aliphatic heterocycles. The molecule has 3 aromatic carbocycles. The van der Waals surface area contributed by atoms with Gasteiger partial charge in [0, 0.05) is 0 Å². The van der Waals surface area contributed by atoms with Crippen molar-refractivity contribution in [2.24, 2.45) is 0 Å². The predicted molar refractivity (Wildman–Crippen MR) is 139 cm³/mol. The molecule has 0 aliphatic carbocycles. The average molecular weight is 493 g/mol. The minimum absolute atomic E-state index is 0.114. The third-order valence-corrected chi connectivity index (χ3v) is 8.39. The Hall–Kier alpha value is -3.32. The fourth-order valence-corrected chi connectivity index (χ4v) is 5.86. The fourth-order valence-electron chi connectivity index (χ4n) is 4.40. The van der Waals surface area contributed by atoms with Crippen LogP contribution < -0.4 is 14.4 Å². The maximum atomic E-state index is 13.6. The van der Waals surface area contributed by atoms with E-state index in [2.05, 4.69) is 24.4 Å². The van der Waals surface area contributed by atoms with Crippen LogP contribution >= 0.6 is 0 Å². The van der Waals surface area contributed by atoms with Gasteiger partial charge < -0.3 is 10.1 Å². The SMILES string of the molecule is Cc1ccc(S(=O)(=O)N2C[C@@H](C(=O)N[C@H](C)c3cc(C)c(C)cc3C)Oc3ccc(C)cc32)cc1. The molecule has 1 heterocycles. The maximum Gasteiger partial charge on any atom is 0.264 e. The molecule has 4 rings (SSSR count). The maximum absolute atomic E-state index is 13.6. The van der Waals surface area contributed by atoms with Crippen LogP contribution in [-0.2, 0) is 14.8 Å². The zero-order valence-electron chi connectivity index (χ0n) is 21.0. The summed E-state index contributed by atoms with van der Waals surface area (Å²) in [5, 5.41) is 3.03. The largest absolute Gasteiger partial charge is 0.476 e. The van der Waals surface area contributed by atoms with E-state index in [0.717, 1.165) is 27.8 Å². The van der Waals surface area contributed by atoms with E-state index >= 15 is 0 Å². The summed E-state index contributed by atoms with van der Waals surface area (Å²) in [5.41, 5.74) is 6.78. The second kappa shape index (κ2) is 9.38. The predicted octanol–water partition coefficient (Wildman–Crippen LogP) is 5.06. The van der Waals surface area contributed by atoms with E-state index < -0.39 is 16.1 Å². The lowest BCUT2D eigenvalue weighted by Gasteiger charge is -2.35. The van der Waals surface area contributed by atoms with Crippen LogP contribution in [0.2, 0.25) is 0 Å². The first-order chi connectivity index (χ1) is 16.5. The van der Waals surface area contributed by atoms with E-state index in [0.29, 0.717) is 11.4 Å². The summed E-state index contributed by atoms with van der Waals surface area (Å²) in [6.45, 7) is 11.7. The Kier molecular flexibility index (Phi) is 6.64. The molecule has 0 radical (unpaired) electrons. The van der Waals surface area contributed by atoms with Crippen LogP contribution in [0, 0.1) is 34.6 Å². The number of nitrogens with zero attached hydrogens (tertiary/aromatic N) is 1. The Morgan fingerprint density at radius 3 is 2.23 bits per heavy atom. The third-order valence-electron chi connectivity index (χ3n) is 6.59. The molecule has 184 valence electrons. The van der Waals surface area contributed by atoms with Crippen LogP contribution in [0.4, 0.5) is 5.69 Å².